The molecule has 0 aromatic heterocycles. The van der Waals surface area contributed by atoms with Crippen molar-refractivity contribution in [1.82, 2.24) is 4.90 Å². The Hall–Kier alpha value is -1.93. The van der Waals surface area contributed by atoms with Gasteiger partial charge in [0.15, 0.2) is 0 Å². The lowest BCUT2D eigenvalue weighted by molar-refractivity contribution is -0.143. The average molecular weight is 339 g/mol. The van der Waals surface area contributed by atoms with Gasteiger partial charge in [0.1, 0.15) is 6.10 Å². The van der Waals surface area contributed by atoms with E-state index in [-0.39, 0.29) is 11.6 Å². The average Bonchev–Trinajstić information content (AvgIpc) is 3.01. The van der Waals surface area contributed by atoms with Crippen LogP contribution in [0.5, 0.6) is 0 Å². The van der Waals surface area contributed by atoms with Crippen LogP contribution in [0.3, 0.4) is 0 Å². The highest BCUT2D eigenvalue weighted by Crippen LogP contribution is 2.43. The summed E-state index contributed by atoms with van der Waals surface area (Å²) in [6.07, 6.45) is -10.5. The van der Waals surface area contributed by atoms with Crippen molar-refractivity contribution in [3.63, 3.8) is 0 Å². The number of amides is 1. The van der Waals surface area contributed by atoms with E-state index in [4.69, 9.17) is 4.74 Å². The maximum atomic E-state index is 12.9. The van der Waals surface area contributed by atoms with Gasteiger partial charge >= 0.3 is 18.4 Å². The SMILES string of the molecule is O=C1OC(c2cc(C(F)(F)F)cc(C(F)(F)F)c2)C2CCCN12. The van der Waals surface area contributed by atoms with Crippen LogP contribution in [0.4, 0.5) is 31.1 Å². The van der Waals surface area contributed by atoms with Crippen LogP contribution in [-0.2, 0) is 17.1 Å². The minimum absolute atomic E-state index is 0.0622. The largest absolute Gasteiger partial charge is 0.439 e. The van der Waals surface area contributed by atoms with Gasteiger partial charge in [-0.3, -0.25) is 0 Å². The number of alkyl halides is 6. The number of fused-ring (bicyclic) bond motifs is 1. The molecule has 2 aliphatic rings. The fourth-order valence-electron chi connectivity index (χ4n) is 3.02. The molecule has 1 amide bonds. The third kappa shape index (κ3) is 2.84. The molecule has 2 saturated heterocycles. The first kappa shape index (κ1) is 15.9. The predicted molar refractivity (Wildman–Crippen MR) is 65.4 cm³/mol. The van der Waals surface area contributed by atoms with E-state index in [0.29, 0.717) is 31.5 Å². The van der Waals surface area contributed by atoms with Crippen molar-refractivity contribution in [2.75, 3.05) is 6.54 Å². The summed E-state index contributed by atoms with van der Waals surface area (Å²) < 4.78 is 82.3. The summed E-state index contributed by atoms with van der Waals surface area (Å²) in [5.74, 6) is 0. The molecule has 23 heavy (non-hydrogen) atoms. The fourth-order valence-corrected chi connectivity index (χ4v) is 3.02. The van der Waals surface area contributed by atoms with E-state index >= 15 is 0 Å². The van der Waals surface area contributed by atoms with Crippen molar-refractivity contribution in [2.24, 2.45) is 0 Å². The van der Waals surface area contributed by atoms with Crippen LogP contribution in [0.25, 0.3) is 0 Å². The summed E-state index contributed by atoms with van der Waals surface area (Å²) in [6.45, 7) is 0.394. The van der Waals surface area contributed by atoms with Gasteiger partial charge in [-0.25, -0.2) is 4.79 Å². The molecule has 126 valence electrons. The molecule has 0 aliphatic carbocycles. The van der Waals surface area contributed by atoms with Crippen LogP contribution in [-0.4, -0.2) is 23.6 Å². The Labute approximate surface area is 126 Å². The third-order valence-electron chi connectivity index (χ3n) is 4.05. The lowest BCUT2D eigenvalue weighted by Gasteiger charge is -2.20. The molecular weight excluding hydrogens is 328 g/mol. The van der Waals surface area contributed by atoms with E-state index < -0.39 is 41.7 Å². The van der Waals surface area contributed by atoms with E-state index in [0.717, 1.165) is 0 Å². The molecule has 9 heteroatoms. The van der Waals surface area contributed by atoms with E-state index in [9.17, 15) is 31.1 Å². The van der Waals surface area contributed by atoms with E-state index in [1.54, 1.807) is 0 Å². The van der Waals surface area contributed by atoms with Gasteiger partial charge in [0.25, 0.3) is 0 Å². The number of halogens is 6. The van der Waals surface area contributed by atoms with Crippen LogP contribution < -0.4 is 0 Å². The molecule has 2 unspecified atom stereocenters. The lowest BCUT2D eigenvalue weighted by atomic mass is 9.96. The highest BCUT2D eigenvalue weighted by molar-refractivity contribution is 5.71. The van der Waals surface area contributed by atoms with Gasteiger partial charge in [0, 0.05) is 6.54 Å². The number of carbonyl (C=O) groups excluding carboxylic acids is 1. The van der Waals surface area contributed by atoms with Crippen molar-refractivity contribution >= 4 is 6.09 Å². The Bertz CT molecular complexity index is 607. The van der Waals surface area contributed by atoms with Gasteiger partial charge in [-0.1, -0.05) is 0 Å². The maximum absolute atomic E-state index is 12.9. The summed E-state index contributed by atoms with van der Waals surface area (Å²) in [5.41, 5.74) is -3.10. The Morgan fingerprint density at radius 1 is 1.00 bits per heavy atom. The number of hydrogen-bond acceptors (Lipinski definition) is 2. The second kappa shape index (κ2) is 5.04. The second-order valence-corrected chi connectivity index (χ2v) is 5.55. The molecule has 0 saturated carbocycles. The smallest absolute Gasteiger partial charge is 0.416 e. The number of hydrogen-bond donors (Lipinski definition) is 0. The summed E-state index contributed by atoms with van der Waals surface area (Å²) in [6, 6.07) is 0.781. The molecule has 2 aliphatic heterocycles. The molecule has 2 atom stereocenters. The Kier molecular flexibility index (Phi) is 3.49. The van der Waals surface area contributed by atoms with Crippen molar-refractivity contribution in [3.8, 4) is 0 Å². The molecule has 0 N–H and O–H groups in total. The summed E-state index contributed by atoms with van der Waals surface area (Å²) >= 11 is 0. The molecule has 1 aromatic carbocycles. The highest BCUT2D eigenvalue weighted by Gasteiger charge is 2.46. The van der Waals surface area contributed by atoms with Crippen LogP contribution in [0, 0.1) is 0 Å². The zero-order chi connectivity index (χ0) is 17.0. The fraction of sp³-hybridized carbons (Fsp3) is 0.500. The topological polar surface area (TPSA) is 29.5 Å². The number of rotatable bonds is 1. The maximum Gasteiger partial charge on any atom is 0.416 e. The van der Waals surface area contributed by atoms with Crippen molar-refractivity contribution in [1.29, 1.82) is 0 Å². The molecule has 1 aromatic rings. The quantitative estimate of drug-likeness (QED) is 0.711. The number of benzene rings is 1. The minimum Gasteiger partial charge on any atom is -0.439 e. The number of nitrogens with zero attached hydrogens (tertiary/aromatic N) is 1. The van der Waals surface area contributed by atoms with Crippen molar-refractivity contribution < 1.29 is 35.9 Å². The molecule has 3 nitrogen and oxygen atoms in total. The normalized spacial score (nSPS) is 24.8. The number of ether oxygens (including phenoxy) is 1. The molecular formula is C14H11F6NO2. The van der Waals surface area contributed by atoms with E-state index in [1.165, 1.54) is 4.90 Å². The molecule has 0 bridgehead atoms. The zero-order valence-corrected chi connectivity index (χ0v) is 11.5. The van der Waals surface area contributed by atoms with E-state index in [2.05, 4.69) is 0 Å². The number of carbonyl (C=O) groups is 1. The monoisotopic (exact) mass is 339 g/mol. The van der Waals surface area contributed by atoms with Crippen LogP contribution in [0.15, 0.2) is 18.2 Å². The summed E-state index contributed by atoms with van der Waals surface area (Å²) in [4.78, 5) is 13.0. The first-order valence-electron chi connectivity index (χ1n) is 6.84. The van der Waals surface area contributed by atoms with E-state index in [1.807, 2.05) is 0 Å². The third-order valence-corrected chi connectivity index (χ3v) is 4.05. The first-order valence-corrected chi connectivity index (χ1v) is 6.84. The summed E-state index contributed by atoms with van der Waals surface area (Å²) in [7, 11) is 0. The second-order valence-electron chi connectivity index (χ2n) is 5.55. The van der Waals surface area contributed by atoms with Crippen LogP contribution >= 0.6 is 0 Å². The lowest BCUT2D eigenvalue weighted by Crippen LogP contribution is -2.27. The molecule has 2 fully saturated rings. The number of cyclic esters (lactones) is 1. The molecule has 0 radical (unpaired) electrons. The Balaban J connectivity index is 2.06. The first-order chi connectivity index (χ1) is 10.6. The minimum atomic E-state index is -4.92. The molecule has 0 spiro atoms. The predicted octanol–water partition coefficient (Wildman–Crippen LogP) is 4.38. The standard InChI is InChI=1S/C14H11F6NO2/c15-13(16,17)8-4-7(5-9(6-8)14(18,19)20)11-10-2-1-3-21(10)12(22)23-11/h4-6,10-11H,1-3H2. The Morgan fingerprint density at radius 3 is 2.09 bits per heavy atom. The zero-order valence-electron chi connectivity index (χ0n) is 11.5. The van der Waals surface area contributed by atoms with Gasteiger partial charge in [-0.05, 0) is 36.6 Å². The van der Waals surface area contributed by atoms with Crippen LogP contribution in [0.2, 0.25) is 0 Å². The van der Waals surface area contributed by atoms with Gasteiger partial charge in [-0.15, -0.1) is 0 Å². The van der Waals surface area contributed by atoms with Crippen molar-refractivity contribution in [2.45, 2.75) is 37.3 Å². The van der Waals surface area contributed by atoms with Gasteiger partial charge < -0.3 is 9.64 Å². The van der Waals surface area contributed by atoms with Gasteiger partial charge in [-0.2, -0.15) is 26.3 Å². The Morgan fingerprint density at radius 2 is 1.57 bits per heavy atom. The van der Waals surface area contributed by atoms with Crippen LogP contribution in [0.1, 0.15) is 35.6 Å². The summed E-state index contributed by atoms with van der Waals surface area (Å²) in [5, 5.41) is 0. The molecule has 2 heterocycles. The molecule has 3 rings (SSSR count). The van der Waals surface area contributed by atoms with Crippen molar-refractivity contribution in [3.05, 3.63) is 34.9 Å². The highest BCUT2D eigenvalue weighted by atomic mass is 19.4. The van der Waals surface area contributed by atoms with Gasteiger partial charge in [0.05, 0.1) is 17.2 Å². The van der Waals surface area contributed by atoms with Gasteiger partial charge in [0.2, 0.25) is 0 Å².